The van der Waals surface area contributed by atoms with E-state index >= 15 is 0 Å². The predicted molar refractivity (Wildman–Crippen MR) is 89.5 cm³/mol. The third kappa shape index (κ3) is 23.9. The molecule has 9 nitrogen and oxygen atoms in total. The van der Waals surface area contributed by atoms with Crippen molar-refractivity contribution >= 4 is 7.82 Å². The molecule has 2 N–H and O–H groups in total. The molecule has 0 aliphatic heterocycles. The Kier molecular flexibility index (Phi) is 17.3. The second-order valence-corrected chi connectivity index (χ2v) is 7.42. The van der Waals surface area contributed by atoms with Gasteiger partial charge in [0.05, 0.1) is 19.8 Å². The Morgan fingerprint density at radius 1 is 0.720 bits per heavy atom. The molecular weight excluding hydrogens is 355 g/mol. The fraction of sp³-hybridized carbons (Fsp3) is 1.00. The zero-order chi connectivity index (χ0) is 18.8. The molecule has 10 heteroatoms. The van der Waals surface area contributed by atoms with Crippen molar-refractivity contribution in [3.63, 3.8) is 0 Å². The van der Waals surface area contributed by atoms with E-state index < -0.39 is 7.82 Å². The van der Waals surface area contributed by atoms with E-state index in [2.05, 4.69) is 38.4 Å². The number of unbranched alkanes of at least 4 members (excludes halogenated alkanes) is 6. The minimum absolute atomic E-state index is 0.0144. The highest BCUT2D eigenvalue weighted by Gasteiger charge is 2.12. The first-order chi connectivity index (χ1) is 11.9. The van der Waals surface area contributed by atoms with Crippen molar-refractivity contribution < 1.29 is 43.8 Å². The summed E-state index contributed by atoms with van der Waals surface area (Å²) in [6.07, 6.45) is 9.84. The number of rotatable bonds is 19. The van der Waals surface area contributed by atoms with E-state index in [1.807, 2.05) is 0 Å². The van der Waals surface area contributed by atoms with Gasteiger partial charge >= 0.3 is 7.82 Å². The second-order valence-electron chi connectivity index (χ2n) is 6.18. The fourth-order valence-electron chi connectivity index (χ4n) is 2.02. The van der Waals surface area contributed by atoms with Crippen LogP contribution >= 0.6 is 7.82 Å². The molecule has 152 valence electrons. The summed E-state index contributed by atoms with van der Waals surface area (Å²) in [7, 11) is -4.43. The molecule has 25 heavy (non-hydrogen) atoms. The van der Waals surface area contributed by atoms with E-state index in [4.69, 9.17) is 14.7 Å². The summed E-state index contributed by atoms with van der Waals surface area (Å²) >= 11 is 0. The van der Waals surface area contributed by atoms with Gasteiger partial charge < -0.3 is 9.79 Å². The molecule has 0 unspecified atom stereocenters. The molecule has 0 saturated carbocycles. The topological polar surface area (TPSA) is 113 Å². The molecule has 0 amide bonds. The Bertz CT molecular complexity index is 322. The van der Waals surface area contributed by atoms with Gasteiger partial charge in [-0.3, -0.25) is 4.52 Å². The van der Waals surface area contributed by atoms with Gasteiger partial charge in [0.25, 0.3) is 0 Å². The first kappa shape index (κ1) is 24.9. The Labute approximate surface area is 149 Å². The highest BCUT2D eigenvalue weighted by atomic mass is 31.2. The van der Waals surface area contributed by atoms with Crippen molar-refractivity contribution in [2.24, 2.45) is 5.92 Å². The largest absolute Gasteiger partial charge is 0.469 e. The van der Waals surface area contributed by atoms with Gasteiger partial charge in [0.2, 0.25) is 0 Å². The summed E-state index contributed by atoms with van der Waals surface area (Å²) in [5, 5.41) is 12.6. The van der Waals surface area contributed by atoms with Crippen LogP contribution in [0.2, 0.25) is 0 Å². The van der Waals surface area contributed by atoms with E-state index in [9.17, 15) is 4.57 Å². The van der Waals surface area contributed by atoms with Crippen molar-refractivity contribution in [3.05, 3.63) is 0 Å². The lowest BCUT2D eigenvalue weighted by Gasteiger charge is -2.05. The van der Waals surface area contributed by atoms with E-state index in [0.717, 1.165) is 18.8 Å². The van der Waals surface area contributed by atoms with Crippen LogP contribution in [-0.2, 0) is 34.0 Å². The highest BCUT2D eigenvalue weighted by molar-refractivity contribution is 7.46. The van der Waals surface area contributed by atoms with Crippen molar-refractivity contribution in [1.29, 1.82) is 0 Å². The van der Waals surface area contributed by atoms with Crippen molar-refractivity contribution in [3.8, 4) is 0 Å². The molecule has 0 aliphatic carbocycles. The molecule has 0 spiro atoms. The average molecular weight is 388 g/mol. The molecule has 0 heterocycles. The van der Waals surface area contributed by atoms with Gasteiger partial charge in [-0.2, -0.15) is 0 Å². The van der Waals surface area contributed by atoms with Crippen LogP contribution in [0.3, 0.4) is 0 Å². The molecule has 0 saturated heterocycles. The Balaban J connectivity index is 3.04. The minimum Gasteiger partial charge on any atom is -0.303 e. The lowest BCUT2D eigenvalue weighted by atomic mass is 10.0. The van der Waals surface area contributed by atoms with Gasteiger partial charge in [0, 0.05) is 0 Å². The van der Waals surface area contributed by atoms with Crippen LogP contribution in [0.25, 0.3) is 0 Å². The quantitative estimate of drug-likeness (QED) is 0.147. The number of hydrogen-bond acceptors (Lipinski definition) is 7. The highest BCUT2D eigenvalue weighted by Crippen LogP contribution is 2.35. The third-order valence-electron chi connectivity index (χ3n) is 3.29. The van der Waals surface area contributed by atoms with Crippen molar-refractivity contribution in [1.82, 2.24) is 0 Å². The van der Waals surface area contributed by atoms with Gasteiger partial charge in [0.15, 0.2) is 0 Å². The SMILES string of the molecule is CC(C)CCCCCCCCCOOOOOCCCOP(=O)(O)O. The third-order valence-corrected chi connectivity index (χ3v) is 3.81. The first-order valence-corrected chi connectivity index (χ1v) is 10.4. The average Bonchev–Trinajstić information content (AvgIpc) is 2.52. The van der Waals surface area contributed by atoms with E-state index in [0.29, 0.717) is 6.61 Å². The molecule has 0 radical (unpaired) electrons. The molecule has 0 fully saturated rings. The normalized spacial score (nSPS) is 12.2. The maximum Gasteiger partial charge on any atom is 0.469 e. The van der Waals surface area contributed by atoms with Gasteiger partial charge in [0.1, 0.15) is 0 Å². The van der Waals surface area contributed by atoms with Crippen LogP contribution < -0.4 is 0 Å². The molecule has 0 atom stereocenters. The lowest BCUT2D eigenvalue weighted by molar-refractivity contribution is -0.708. The molecular formula is C15H33O9P. The Morgan fingerprint density at radius 3 is 1.80 bits per heavy atom. The molecule has 0 aromatic carbocycles. The summed E-state index contributed by atoms with van der Waals surface area (Å²) in [6, 6.07) is 0. The molecule has 0 aliphatic rings. The standard InChI is InChI=1S/C15H33O9P/c1-15(2)11-8-6-4-3-5-7-9-12-19-22-24-23-20-13-10-14-21-25(16,17)18/h15H,3-14H2,1-2H3,(H2,16,17,18). The van der Waals surface area contributed by atoms with E-state index in [1.165, 1.54) is 38.5 Å². The molecule has 0 aromatic rings. The number of phosphoric ester groups is 1. The van der Waals surface area contributed by atoms with Crippen LogP contribution in [-0.4, -0.2) is 29.6 Å². The first-order valence-electron chi connectivity index (χ1n) is 8.86. The van der Waals surface area contributed by atoms with Gasteiger partial charge in [-0.1, -0.05) is 58.8 Å². The van der Waals surface area contributed by atoms with Crippen LogP contribution in [0.4, 0.5) is 0 Å². The lowest BCUT2D eigenvalue weighted by Crippen LogP contribution is -2.04. The van der Waals surface area contributed by atoms with Gasteiger partial charge in [-0.05, 0) is 33.9 Å². The zero-order valence-corrected chi connectivity index (χ0v) is 16.2. The van der Waals surface area contributed by atoms with Crippen molar-refractivity contribution in [2.45, 2.75) is 71.6 Å². The minimum atomic E-state index is -4.43. The molecule has 0 bridgehead atoms. The van der Waals surface area contributed by atoms with Gasteiger partial charge in [-0.15, -0.1) is 0 Å². The Morgan fingerprint density at radius 2 is 1.24 bits per heavy atom. The number of phosphoric acid groups is 1. The van der Waals surface area contributed by atoms with Crippen molar-refractivity contribution in [2.75, 3.05) is 19.8 Å². The van der Waals surface area contributed by atoms with E-state index in [-0.39, 0.29) is 19.6 Å². The smallest absolute Gasteiger partial charge is 0.303 e. The molecule has 0 aromatic heterocycles. The van der Waals surface area contributed by atoms with Crippen LogP contribution in [0.1, 0.15) is 71.6 Å². The van der Waals surface area contributed by atoms with Crippen LogP contribution in [0.5, 0.6) is 0 Å². The van der Waals surface area contributed by atoms with E-state index in [1.54, 1.807) is 0 Å². The predicted octanol–water partition coefficient (Wildman–Crippen LogP) is 4.01. The summed E-state index contributed by atoms with van der Waals surface area (Å²) in [6.45, 7) is 4.76. The second kappa shape index (κ2) is 17.3. The maximum absolute atomic E-state index is 10.4. The summed E-state index contributed by atoms with van der Waals surface area (Å²) in [5.41, 5.74) is 0. The monoisotopic (exact) mass is 388 g/mol. The number of hydrogen-bond donors (Lipinski definition) is 2. The van der Waals surface area contributed by atoms with Crippen LogP contribution in [0, 0.1) is 5.92 Å². The van der Waals surface area contributed by atoms with Gasteiger partial charge in [-0.25, -0.2) is 14.3 Å². The zero-order valence-electron chi connectivity index (χ0n) is 15.3. The Hall–Kier alpha value is -0.0900. The maximum atomic E-state index is 10.4. The fourth-order valence-corrected chi connectivity index (χ4v) is 2.38. The summed E-state index contributed by atoms with van der Waals surface area (Å²) in [4.78, 5) is 26.1. The van der Waals surface area contributed by atoms with Crippen LogP contribution in [0.15, 0.2) is 0 Å². The summed E-state index contributed by atoms with van der Waals surface area (Å²) in [5.74, 6) is 0.801. The summed E-state index contributed by atoms with van der Waals surface area (Å²) < 4.78 is 14.5. The molecule has 0 rings (SSSR count).